The first-order valence-corrected chi connectivity index (χ1v) is 25.5. The molecule has 0 bridgehead atoms. The lowest BCUT2D eigenvalue weighted by molar-refractivity contribution is -0.302. The Balaban J connectivity index is 2.34. The van der Waals surface area contributed by atoms with Crippen LogP contribution in [-0.2, 0) is 14.3 Å². The number of ether oxygens (including phenoxy) is 2. The minimum Gasteiger partial charge on any atom is -0.394 e. The van der Waals surface area contributed by atoms with Crippen LogP contribution in [0.3, 0.4) is 0 Å². The Morgan fingerprint density at radius 1 is 0.548 bits per heavy atom. The van der Waals surface area contributed by atoms with E-state index in [4.69, 9.17) is 9.47 Å². The molecule has 9 nitrogen and oxygen atoms in total. The summed E-state index contributed by atoms with van der Waals surface area (Å²) in [5.74, 6) is -0.197. The Morgan fingerprint density at radius 3 is 1.45 bits per heavy atom. The highest BCUT2D eigenvalue weighted by molar-refractivity contribution is 5.76. The maximum absolute atomic E-state index is 13.0. The zero-order chi connectivity index (χ0) is 45.1. The number of rotatable bonds is 42. The van der Waals surface area contributed by atoms with Crippen molar-refractivity contribution in [2.75, 3.05) is 13.2 Å². The number of allylic oxidation sites excluding steroid dienone is 9. The summed E-state index contributed by atoms with van der Waals surface area (Å²) in [4.78, 5) is 13.0. The quantitative estimate of drug-likeness (QED) is 0.0262. The van der Waals surface area contributed by atoms with Crippen LogP contribution in [0.15, 0.2) is 60.8 Å². The summed E-state index contributed by atoms with van der Waals surface area (Å²) in [7, 11) is 0. The van der Waals surface area contributed by atoms with Crippen LogP contribution < -0.4 is 5.32 Å². The second kappa shape index (κ2) is 42.8. The third kappa shape index (κ3) is 32.5. The zero-order valence-corrected chi connectivity index (χ0v) is 39.6. The van der Waals surface area contributed by atoms with Gasteiger partial charge in [-0.05, 0) is 77.0 Å². The van der Waals surface area contributed by atoms with E-state index in [0.29, 0.717) is 6.42 Å². The lowest BCUT2D eigenvalue weighted by atomic mass is 9.99. The molecule has 1 rings (SSSR count). The molecule has 0 aromatic rings. The van der Waals surface area contributed by atoms with Gasteiger partial charge in [0.15, 0.2) is 6.29 Å². The Kier molecular flexibility index (Phi) is 40.0. The van der Waals surface area contributed by atoms with E-state index in [1.54, 1.807) is 6.08 Å². The van der Waals surface area contributed by atoms with Gasteiger partial charge in [-0.15, -0.1) is 0 Å². The molecular weight excluding hydrogens is 779 g/mol. The van der Waals surface area contributed by atoms with Gasteiger partial charge in [-0.3, -0.25) is 4.79 Å². The minimum absolute atomic E-state index is 0.197. The molecule has 0 radical (unpaired) electrons. The van der Waals surface area contributed by atoms with Crippen LogP contribution in [0.25, 0.3) is 0 Å². The molecule has 62 heavy (non-hydrogen) atoms. The van der Waals surface area contributed by atoms with Gasteiger partial charge in [-0.2, -0.15) is 0 Å². The Labute approximate surface area is 379 Å². The molecule has 360 valence electrons. The van der Waals surface area contributed by atoms with Crippen LogP contribution in [0.1, 0.15) is 213 Å². The van der Waals surface area contributed by atoms with Crippen LogP contribution in [0.5, 0.6) is 0 Å². The minimum atomic E-state index is -1.58. The molecule has 6 N–H and O–H groups in total. The predicted molar refractivity (Wildman–Crippen MR) is 258 cm³/mol. The van der Waals surface area contributed by atoms with E-state index in [9.17, 15) is 30.3 Å². The summed E-state index contributed by atoms with van der Waals surface area (Å²) in [6.07, 6.45) is 49.8. The van der Waals surface area contributed by atoms with Gasteiger partial charge < -0.3 is 40.3 Å². The second-order valence-electron chi connectivity index (χ2n) is 17.6. The van der Waals surface area contributed by atoms with E-state index in [2.05, 4.69) is 67.8 Å². The fourth-order valence-corrected chi connectivity index (χ4v) is 7.69. The van der Waals surface area contributed by atoms with E-state index >= 15 is 0 Å². The first-order chi connectivity index (χ1) is 30.3. The van der Waals surface area contributed by atoms with Crippen molar-refractivity contribution in [1.29, 1.82) is 0 Å². The fraction of sp³-hybridized carbons (Fsp3) is 0.792. The number of nitrogens with one attached hydrogen (secondary N) is 1. The fourth-order valence-electron chi connectivity index (χ4n) is 7.69. The summed E-state index contributed by atoms with van der Waals surface area (Å²) in [6, 6.07) is -0.832. The van der Waals surface area contributed by atoms with Crippen LogP contribution in [0.4, 0.5) is 0 Å². The van der Waals surface area contributed by atoms with Crippen molar-refractivity contribution >= 4 is 5.91 Å². The van der Waals surface area contributed by atoms with E-state index in [1.807, 2.05) is 6.08 Å². The van der Waals surface area contributed by atoms with E-state index in [-0.39, 0.29) is 12.5 Å². The van der Waals surface area contributed by atoms with Gasteiger partial charge in [0.1, 0.15) is 24.4 Å². The van der Waals surface area contributed by atoms with Crippen molar-refractivity contribution in [3.8, 4) is 0 Å². The SMILES string of the molecule is CCCCCCC/C=C\C/C=C\CCCCCCCCCCCC(=O)NC(COC1OC(CO)C(O)C(O)C1O)C(O)/C=C/CC/C=C/CC/C=C/CCCCCCCCCC. The van der Waals surface area contributed by atoms with Crippen molar-refractivity contribution in [2.24, 2.45) is 0 Å². The molecule has 1 aliphatic heterocycles. The van der Waals surface area contributed by atoms with Gasteiger partial charge >= 0.3 is 0 Å². The maximum Gasteiger partial charge on any atom is 0.220 e. The van der Waals surface area contributed by atoms with Crippen LogP contribution in [0, 0.1) is 0 Å². The highest BCUT2D eigenvalue weighted by atomic mass is 16.7. The zero-order valence-electron chi connectivity index (χ0n) is 39.6. The average Bonchev–Trinajstić information content (AvgIpc) is 3.27. The van der Waals surface area contributed by atoms with E-state index in [1.165, 1.54) is 122 Å². The van der Waals surface area contributed by atoms with Gasteiger partial charge in [-0.25, -0.2) is 0 Å². The van der Waals surface area contributed by atoms with Crippen molar-refractivity contribution < 1.29 is 39.8 Å². The number of carbonyl (C=O) groups is 1. The Hall–Kier alpha value is -2.11. The van der Waals surface area contributed by atoms with Gasteiger partial charge in [0, 0.05) is 6.42 Å². The average molecular weight is 874 g/mol. The second-order valence-corrected chi connectivity index (χ2v) is 17.6. The van der Waals surface area contributed by atoms with Crippen LogP contribution >= 0.6 is 0 Å². The molecule has 0 spiro atoms. The van der Waals surface area contributed by atoms with Crippen molar-refractivity contribution in [2.45, 2.75) is 256 Å². The molecule has 9 heteroatoms. The molecule has 7 unspecified atom stereocenters. The number of hydrogen-bond donors (Lipinski definition) is 6. The largest absolute Gasteiger partial charge is 0.394 e. The van der Waals surface area contributed by atoms with Gasteiger partial charge in [0.2, 0.25) is 5.91 Å². The van der Waals surface area contributed by atoms with Gasteiger partial charge in [-0.1, -0.05) is 190 Å². The molecule has 0 aliphatic carbocycles. The predicted octanol–water partition coefficient (Wildman–Crippen LogP) is 11.6. The number of hydrogen-bond acceptors (Lipinski definition) is 8. The molecule has 0 aromatic heterocycles. The molecule has 1 heterocycles. The highest BCUT2D eigenvalue weighted by Crippen LogP contribution is 2.22. The molecule has 1 fully saturated rings. The number of aliphatic hydroxyl groups is 5. The third-order valence-corrected chi connectivity index (χ3v) is 11.8. The van der Waals surface area contributed by atoms with Crippen molar-refractivity contribution in [3.63, 3.8) is 0 Å². The summed E-state index contributed by atoms with van der Waals surface area (Å²) in [5.41, 5.74) is 0. The topological polar surface area (TPSA) is 149 Å². The maximum atomic E-state index is 13.0. The summed E-state index contributed by atoms with van der Waals surface area (Å²) in [6.45, 7) is 3.74. The number of aliphatic hydroxyl groups excluding tert-OH is 5. The highest BCUT2D eigenvalue weighted by Gasteiger charge is 2.44. The van der Waals surface area contributed by atoms with Gasteiger partial charge in [0.05, 0.1) is 25.4 Å². The summed E-state index contributed by atoms with van der Waals surface area (Å²) >= 11 is 0. The monoisotopic (exact) mass is 874 g/mol. The number of unbranched alkanes of at least 4 members (excludes halogenated alkanes) is 24. The number of amides is 1. The van der Waals surface area contributed by atoms with Crippen LogP contribution in [0.2, 0.25) is 0 Å². The molecule has 1 aliphatic rings. The lowest BCUT2D eigenvalue weighted by Gasteiger charge is -2.40. The summed E-state index contributed by atoms with van der Waals surface area (Å²) in [5, 5.41) is 54.3. The third-order valence-electron chi connectivity index (χ3n) is 11.8. The molecule has 1 amide bonds. The molecule has 1 saturated heterocycles. The summed E-state index contributed by atoms with van der Waals surface area (Å²) < 4.78 is 11.2. The molecule has 7 atom stereocenters. The number of carbonyl (C=O) groups excluding carboxylic acids is 1. The normalized spacial score (nSPS) is 20.8. The van der Waals surface area contributed by atoms with Crippen LogP contribution in [-0.4, -0.2) is 87.5 Å². The van der Waals surface area contributed by atoms with Crippen molar-refractivity contribution in [3.05, 3.63) is 60.8 Å². The first kappa shape index (κ1) is 57.9. The molecular formula is C53H95NO8. The van der Waals surface area contributed by atoms with Crippen molar-refractivity contribution in [1.82, 2.24) is 5.32 Å². The Bertz CT molecular complexity index is 1150. The van der Waals surface area contributed by atoms with E-state index in [0.717, 1.165) is 70.6 Å². The lowest BCUT2D eigenvalue weighted by Crippen LogP contribution is -2.60. The van der Waals surface area contributed by atoms with E-state index < -0.39 is 49.5 Å². The molecule has 0 aromatic carbocycles. The smallest absolute Gasteiger partial charge is 0.220 e. The van der Waals surface area contributed by atoms with Gasteiger partial charge in [0.25, 0.3) is 0 Å². The Morgan fingerprint density at radius 2 is 0.968 bits per heavy atom. The molecule has 0 saturated carbocycles. The first-order valence-electron chi connectivity index (χ1n) is 25.5. The standard InChI is InChI=1S/C53H95NO8/c1-3-5-7-9-11-13-15-17-19-21-23-24-25-27-29-31-33-35-37-39-41-43-49(57)54-46(45-61-53-52(60)51(59)50(58)48(44-55)62-53)47(56)42-40-38-36-34-32-30-28-26-22-20-18-16-14-12-10-8-6-4-2/h15,17,21-23,26,32,34,40,42,46-48,50-53,55-56,58-60H,3-14,16,18-20,24-25,27-31,33,35-39,41,43-45H2,1-2H3,(H,54,57)/b17-15-,23-21-,26-22+,34-32+,42-40+.